The second-order valence-electron chi connectivity index (χ2n) is 7.25. The molecule has 2 N–H and O–H groups in total. The third kappa shape index (κ3) is 4.56. The number of benzene rings is 2. The average molecular weight is 408 g/mol. The zero-order valence-corrected chi connectivity index (χ0v) is 16.8. The number of hydrogen-bond donors (Lipinski definition) is 2. The molecule has 0 spiro atoms. The van der Waals surface area contributed by atoms with Crippen molar-refractivity contribution in [2.45, 2.75) is 38.8 Å². The molecule has 3 aromatic rings. The van der Waals surface area contributed by atoms with Crippen LogP contribution in [0.1, 0.15) is 30.9 Å². The molecule has 7 nitrogen and oxygen atoms in total. The molecule has 1 amide bonds. The van der Waals surface area contributed by atoms with E-state index in [0.29, 0.717) is 24.5 Å². The Kier molecular flexibility index (Phi) is 5.88. The van der Waals surface area contributed by atoms with Gasteiger partial charge in [0.15, 0.2) is 17.6 Å². The van der Waals surface area contributed by atoms with Crippen molar-refractivity contribution in [3.05, 3.63) is 59.8 Å². The van der Waals surface area contributed by atoms with E-state index in [1.807, 2.05) is 36.5 Å². The lowest BCUT2D eigenvalue weighted by Crippen LogP contribution is -2.35. The Morgan fingerprint density at radius 1 is 1.17 bits per heavy atom. The molecule has 2 aromatic carbocycles. The summed E-state index contributed by atoms with van der Waals surface area (Å²) in [6.45, 7) is 2.10. The highest BCUT2D eigenvalue weighted by Crippen LogP contribution is 2.32. The van der Waals surface area contributed by atoms with Crippen molar-refractivity contribution >= 4 is 22.8 Å². The number of hydrogen-bond acceptors (Lipinski definition) is 5. The fourth-order valence-electron chi connectivity index (χ4n) is 3.46. The summed E-state index contributed by atoms with van der Waals surface area (Å²) in [5.41, 5.74) is 3.14. The molecule has 4 rings (SSSR count). The summed E-state index contributed by atoms with van der Waals surface area (Å²) < 4.78 is 15.9. The normalized spacial score (nSPS) is 13.2. The quantitative estimate of drug-likeness (QED) is 0.557. The molecule has 0 unspecified atom stereocenters. The fourth-order valence-corrected chi connectivity index (χ4v) is 3.46. The largest absolute Gasteiger partial charge is 0.454 e. The van der Waals surface area contributed by atoms with Crippen LogP contribution in [0.5, 0.6) is 11.5 Å². The minimum absolute atomic E-state index is 0.207. The number of para-hydroxylation sites is 1. The van der Waals surface area contributed by atoms with Crippen LogP contribution in [0.3, 0.4) is 0 Å². The first kappa shape index (κ1) is 19.8. The van der Waals surface area contributed by atoms with Crippen LogP contribution < -0.4 is 14.8 Å². The van der Waals surface area contributed by atoms with Gasteiger partial charge >= 0.3 is 5.97 Å². The lowest BCUT2D eigenvalue weighted by Gasteiger charge is -2.13. The minimum atomic E-state index is -0.848. The van der Waals surface area contributed by atoms with E-state index in [1.54, 1.807) is 13.0 Å². The van der Waals surface area contributed by atoms with Crippen molar-refractivity contribution in [3.8, 4) is 11.5 Å². The predicted octanol–water partition coefficient (Wildman–Crippen LogP) is 3.47. The van der Waals surface area contributed by atoms with Gasteiger partial charge in [0.2, 0.25) is 6.79 Å². The standard InChI is InChI=1S/C23H24N2O5/c1-15(23(27)25-12-16-9-10-20-21(11-16)29-14-28-20)30-22(26)8-4-5-17-13-24-19-7-3-2-6-18(17)19/h2-3,6-7,9-11,13,15,24H,4-5,8,12,14H2,1H3,(H,25,27)/t15-/m1/s1. The number of aromatic nitrogens is 1. The van der Waals surface area contributed by atoms with Crippen LogP contribution in [-0.2, 0) is 27.3 Å². The number of carbonyl (C=O) groups is 2. The zero-order chi connectivity index (χ0) is 20.9. The van der Waals surface area contributed by atoms with Gasteiger partial charge in [-0.1, -0.05) is 24.3 Å². The molecule has 1 aromatic heterocycles. The first-order chi connectivity index (χ1) is 14.6. The Morgan fingerprint density at radius 3 is 2.90 bits per heavy atom. The number of fused-ring (bicyclic) bond motifs is 2. The van der Waals surface area contributed by atoms with Gasteiger partial charge in [-0.2, -0.15) is 0 Å². The number of rotatable bonds is 8. The van der Waals surface area contributed by atoms with E-state index in [0.717, 1.165) is 17.5 Å². The molecule has 0 bridgehead atoms. The SMILES string of the molecule is C[C@@H](OC(=O)CCCc1c[nH]c2ccccc12)C(=O)NCc1ccc2c(c1)OCO2. The van der Waals surface area contributed by atoms with Gasteiger partial charge in [0.25, 0.3) is 5.91 Å². The third-order valence-electron chi connectivity index (χ3n) is 5.08. The monoisotopic (exact) mass is 408 g/mol. The van der Waals surface area contributed by atoms with E-state index >= 15 is 0 Å². The van der Waals surface area contributed by atoms with Crippen LogP contribution in [0, 0.1) is 0 Å². The van der Waals surface area contributed by atoms with E-state index in [1.165, 1.54) is 10.9 Å². The first-order valence-electron chi connectivity index (χ1n) is 10.0. The van der Waals surface area contributed by atoms with Crippen molar-refractivity contribution < 1.29 is 23.8 Å². The summed E-state index contributed by atoms with van der Waals surface area (Å²) in [7, 11) is 0. The molecular formula is C23H24N2O5. The molecule has 0 radical (unpaired) electrons. The Labute approximate surface area is 174 Å². The fraction of sp³-hybridized carbons (Fsp3) is 0.304. The van der Waals surface area contributed by atoms with Crippen LogP contribution in [0.25, 0.3) is 10.9 Å². The predicted molar refractivity (Wildman–Crippen MR) is 111 cm³/mol. The average Bonchev–Trinajstić information content (AvgIpc) is 3.38. The molecule has 0 saturated heterocycles. The molecule has 0 saturated carbocycles. The highest BCUT2D eigenvalue weighted by atomic mass is 16.7. The summed E-state index contributed by atoms with van der Waals surface area (Å²) in [4.78, 5) is 27.6. The summed E-state index contributed by atoms with van der Waals surface area (Å²) >= 11 is 0. The Bertz CT molecular complexity index is 1060. The van der Waals surface area contributed by atoms with Gasteiger partial charge in [0.05, 0.1) is 0 Å². The van der Waals surface area contributed by atoms with Gasteiger partial charge < -0.3 is 24.5 Å². The lowest BCUT2D eigenvalue weighted by atomic mass is 10.1. The van der Waals surface area contributed by atoms with Gasteiger partial charge in [0, 0.05) is 30.1 Å². The number of carbonyl (C=O) groups excluding carboxylic acids is 2. The van der Waals surface area contributed by atoms with Gasteiger partial charge in [0.1, 0.15) is 0 Å². The van der Waals surface area contributed by atoms with Crippen molar-refractivity contribution in [3.63, 3.8) is 0 Å². The van der Waals surface area contributed by atoms with Crippen LogP contribution in [0.2, 0.25) is 0 Å². The van der Waals surface area contributed by atoms with Crippen LogP contribution in [0.4, 0.5) is 0 Å². The van der Waals surface area contributed by atoms with Crippen molar-refractivity contribution in [2.24, 2.45) is 0 Å². The highest BCUT2D eigenvalue weighted by Gasteiger charge is 2.18. The Balaban J connectivity index is 1.19. The van der Waals surface area contributed by atoms with Gasteiger partial charge in [-0.25, -0.2) is 0 Å². The third-order valence-corrected chi connectivity index (χ3v) is 5.08. The number of ether oxygens (including phenoxy) is 3. The number of H-pyrrole nitrogens is 1. The molecule has 2 heterocycles. The molecule has 1 aliphatic rings. The van der Waals surface area contributed by atoms with Crippen LogP contribution in [0.15, 0.2) is 48.7 Å². The van der Waals surface area contributed by atoms with Crippen molar-refractivity contribution in [1.82, 2.24) is 10.3 Å². The molecule has 7 heteroatoms. The highest BCUT2D eigenvalue weighted by molar-refractivity contribution is 5.84. The number of aryl methyl sites for hydroxylation is 1. The first-order valence-corrected chi connectivity index (χ1v) is 10.0. The van der Waals surface area contributed by atoms with Gasteiger partial charge in [-0.05, 0) is 49.1 Å². The number of nitrogens with one attached hydrogen (secondary N) is 2. The Hall–Kier alpha value is -3.48. The summed E-state index contributed by atoms with van der Waals surface area (Å²) in [5.74, 6) is 0.648. The molecular weight excluding hydrogens is 384 g/mol. The van der Waals surface area contributed by atoms with E-state index in [-0.39, 0.29) is 25.1 Å². The van der Waals surface area contributed by atoms with E-state index in [9.17, 15) is 9.59 Å². The Morgan fingerprint density at radius 2 is 2.00 bits per heavy atom. The maximum atomic E-state index is 12.2. The van der Waals surface area contributed by atoms with Gasteiger partial charge in [-0.3, -0.25) is 9.59 Å². The molecule has 156 valence electrons. The molecule has 0 fully saturated rings. The molecule has 0 aliphatic carbocycles. The van der Waals surface area contributed by atoms with Crippen molar-refractivity contribution in [2.75, 3.05) is 6.79 Å². The maximum Gasteiger partial charge on any atom is 0.306 e. The minimum Gasteiger partial charge on any atom is -0.454 e. The van der Waals surface area contributed by atoms with Gasteiger partial charge in [-0.15, -0.1) is 0 Å². The summed E-state index contributed by atoms with van der Waals surface area (Å²) in [5, 5.41) is 3.95. The van der Waals surface area contributed by atoms with E-state index < -0.39 is 6.10 Å². The van der Waals surface area contributed by atoms with Crippen LogP contribution >= 0.6 is 0 Å². The maximum absolute atomic E-state index is 12.2. The molecule has 1 aliphatic heterocycles. The van der Waals surface area contributed by atoms with Crippen molar-refractivity contribution in [1.29, 1.82) is 0 Å². The summed E-state index contributed by atoms with van der Waals surface area (Å²) in [6.07, 6.45) is 2.82. The molecule has 1 atom stereocenters. The molecule has 30 heavy (non-hydrogen) atoms. The smallest absolute Gasteiger partial charge is 0.306 e. The zero-order valence-electron chi connectivity index (χ0n) is 16.8. The van der Waals surface area contributed by atoms with Crippen LogP contribution in [-0.4, -0.2) is 29.8 Å². The number of esters is 1. The summed E-state index contributed by atoms with van der Waals surface area (Å²) in [6, 6.07) is 13.6. The van der Waals surface area contributed by atoms with E-state index in [4.69, 9.17) is 14.2 Å². The lowest BCUT2D eigenvalue weighted by molar-refractivity contribution is -0.154. The number of aromatic amines is 1. The second kappa shape index (κ2) is 8.90. The topological polar surface area (TPSA) is 89.7 Å². The van der Waals surface area contributed by atoms with E-state index in [2.05, 4.69) is 16.4 Å². The number of amides is 1. The second-order valence-corrected chi connectivity index (χ2v) is 7.25.